The molecule has 10 heteroatoms. The van der Waals surface area contributed by atoms with Crippen molar-refractivity contribution >= 4 is 34.4 Å². The molecule has 3 unspecified atom stereocenters. The predicted molar refractivity (Wildman–Crippen MR) is 153 cm³/mol. The van der Waals surface area contributed by atoms with E-state index in [1.54, 1.807) is 23.1 Å². The van der Waals surface area contributed by atoms with Crippen LogP contribution in [0.15, 0.2) is 54.1 Å². The average molecular weight is 651 g/mol. The Hall–Kier alpha value is -2.67. The number of carbonyl (C=O) groups excluding carboxylic acids is 2. The van der Waals surface area contributed by atoms with Crippen LogP contribution in [-0.2, 0) is 22.6 Å². The van der Waals surface area contributed by atoms with E-state index in [-0.39, 0.29) is 44.4 Å². The molecule has 0 saturated heterocycles. The zero-order chi connectivity index (χ0) is 27.9. The van der Waals surface area contributed by atoms with Crippen LogP contribution in [-0.4, -0.2) is 77.1 Å². The van der Waals surface area contributed by atoms with E-state index >= 15 is 0 Å². The summed E-state index contributed by atoms with van der Waals surface area (Å²) in [4.78, 5) is 28.4. The van der Waals surface area contributed by atoms with Crippen LogP contribution in [0.25, 0.3) is 0 Å². The number of nitrogens with zero attached hydrogens (tertiary/aromatic N) is 1. The number of ether oxygens (including phenoxy) is 2. The molecule has 0 aromatic heterocycles. The SMILES string of the molecule is COc1cc(CO)cc(I)c1OC1C=C(C(=O)NCCO)CC(N(CC2CC2)C(=O)Cc2ccccc2)C1O. The van der Waals surface area contributed by atoms with Crippen LogP contribution in [0, 0.1) is 9.49 Å². The Morgan fingerprint density at radius 3 is 2.51 bits per heavy atom. The van der Waals surface area contributed by atoms with Crippen LogP contribution in [0.5, 0.6) is 11.5 Å². The van der Waals surface area contributed by atoms with E-state index in [4.69, 9.17) is 9.47 Å². The van der Waals surface area contributed by atoms with Crippen molar-refractivity contribution in [2.75, 3.05) is 26.8 Å². The Balaban J connectivity index is 1.67. The molecule has 3 atom stereocenters. The van der Waals surface area contributed by atoms with Crippen LogP contribution in [0.2, 0.25) is 0 Å². The minimum absolute atomic E-state index is 0.0853. The van der Waals surface area contributed by atoms with Gasteiger partial charge in [0.1, 0.15) is 12.2 Å². The smallest absolute Gasteiger partial charge is 0.247 e. The molecule has 210 valence electrons. The molecule has 0 bridgehead atoms. The van der Waals surface area contributed by atoms with E-state index in [2.05, 4.69) is 27.9 Å². The molecule has 0 spiro atoms. The lowest BCUT2D eigenvalue weighted by molar-refractivity contribution is -0.138. The van der Waals surface area contributed by atoms with E-state index in [0.29, 0.717) is 38.7 Å². The van der Waals surface area contributed by atoms with Gasteiger partial charge in [0.15, 0.2) is 11.5 Å². The number of nitrogens with one attached hydrogen (secondary N) is 1. The molecule has 1 fully saturated rings. The molecule has 9 nitrogen and oxygen atoms in total. The molecule has 4 N–H and O–H groups in total. The molecule has 39 heavy (non-hydrogen) atoms. The minimum atomic E-state index is -1.11. The van der Waals surface area contributed by atoms with Gasteiger partial charge < -0.3 is 35.0 Å². The van der Waals surface area contributed by atoms with Crippen LogP contribution in [0.3, 0.4) is 0 Å². The summed E-state index contributed by atoms with van der Waals surface area (Å²) >= 11 is 2.07. The number of aliphatic hydroxyl groups excluding tert-OH is 3. The third kappa shape index (κ3) is 7.50. The number of hydrogen-bond donors (Lipinski definition) is 4. The normalized spacial score (nSPS) is 20.6. The van der Waals surface area contributed by atoms with Gasteiger partial charge in [-0.3, -0.25) is 9.59 Å². The van der Waals surface area contributed by atoms with Gasteiger partial charge in [0.25, 0.3) is 0 Å². The van der Waals surface area contributed by atoms with Gasteiger partial charge in [-0.1, -0.05) is 30.3 Å². The lowest BCUT2D eigenvalue weighted by Crippen LogP contribution is -2.56. The van der Waals surface area contributed by atoms with Crippen LogP contribution in [0.4, 0.5) is 0 Å². The highest BCUT2D eigenvalue weighted by Crippen LogP contribution is 2.38. The summed E-state index contributed by atoms with van der Waals surface area (Å²) in [5.41, 5.74) is 1.89. The first kappa shape index (κ1) is 29.3. The Morgan fingerprint density at radius 1 is 1.13 bits per heavy atom. The van der Waals surface area contributed by atoms with E-state index < -0.39 is 18.2 Å². The Bertz CT molecular complexity index is 1190. The maximum atomic E-state index is 13.6. The third-order valence-electron chi connectivity index (χ3n) is 7.01. The summed E-state index contributed by atoms with van der Waals surface area (Å²) in [7, 11) is 1.49. The number of hydrogen-bond acceptors (Lipinski definition) is 7. The van der Waals surface area contributed by atoms with E-state index in [0.717, 1.165) is 18.4 Å². The average Bonchev–Trinajstić information content (AvgIpc) is 3.77. The Kier molecular flexibility index (Phi) is 10.2. The highest BCUT2D eigenvalue weighted by Gasteiger charge is 2.42. The van der Waals surface area contributed by atoms with Gasteiger partial charge in [0, 0.05) is 25.1 Å². The Morgan fingerprint density at radius 2 is 1.87 bits per heavy atom. The summed E-state index contributed by atoms with van der Waals surface area (Å²) < 4.78 is 12.5. The minimum Gasteiger partial charge on any atom is -0.493 e. The molecule has 4 rings (SSSR count). The summed E-state index contributed by atoms with van der Waals surface area (Å²) in [5.74, 6) is 0.618. The molecule has 0 heterocycles. The van der Waals surface area contributed by atoms with Gasteiger partial charge >= 0.3 is 0 Å². The molecule has 0 radical (unpaired) electrons. The Labute approximate surface area is 241 Å². The molecular formula is C29H35IN2O7. The van der Waals surface area contributed by atoms with Crippen molar-refractivity contribution in [2.45, 2.75) is 50.5 Å². The lowest BCUT2D eigenvalue weighted by Gasteiger charge is -2.41. The maximum absolute atomic E-state index is 13.6. The van der Waals surface area contributed by atoms with Crippen molar-refractivity contribution in [3.8, 4) is 11.5 Å². The van der Waals surface area contributed by atoms with Crippen molar-refractivity contribution in [3.05, 3.63) is 68.8 Å². The van der Waals surface area contributed by atoms with Crippen molar-refractivity contribution in [3.63, 3.8) is 0 Å². The largest absolute Gasteiger partial charge is 0.493 e. The molecule has 1 saturated carbocycles. The van der Waals surface area contributed by atoms with Gasteiger partial charge in [-0.25, -0.2) is 0 Å². The molecule has 2 aliphatic rings. The summed E-state index contributed by atoms with van der Waals surface area (Å²) in [5, 5.41) is 33.1. The topological polar surface area (TPSA) is 129 Å². The molecule has 2 aromatic rings. The third-order valence-corrected chi connectivity index (χ3v) is 7.81. The van der Waals surface area contributed by atoms with Gasteiger partial charge in [0.05, 0.1) is 36.4 Å². The summed E-state index contributed by atoms with van der Waals surface area (Å²) in [6.07, 6.45) is 1.90. The van der Waals surface area contributed by atoms with Crippen molar-refractivity contribution < 1.29 is 34.4 Å². The first-order valence-electron chi connectivity index (χ1n) is 13.1. The highest BCUT2D eigenvalue weighted by atomic mass is 127. The van der Waals surface area contributed by atoms with Crippen molar-refractivity contribution in [1.29, 1.82) is 0 Å². The van der Waals surface area contributed by atoms with Crippen LogP contribution >= 0.6 is 22.6 Å². The number of carbonyl (C=O) groups is 2. The second kappa shape index (κ2) is 13.6. The predicted octanol–water partition coefficient (Wildman–Crippen LogP) is 2.19. The fraction of sp³-hybridized carbons (Fsp3) is 0.448. The second-order valence-electron chi connectivity index (χ2n) is 9.93. The fourth-order valence-corrected chi connectivity index (χ4v) is 5.56. The molecule has 2 amide bonds. The number of amides is 2. The number of halogens is 1. The number of benzene rings is 2. The van der Waals surface area contributed by atoms with Crippen LogP contribution in [0.1, 0.15) is 30.4 Å². The maximum Gasteiger partial charge on any atom is 0.247 e. The summed E-state index contributed by atoms with van der Waals surface area (Å²) in [6.45, 7) is 0.205. The van der Waals surface area contributed by atoms with Gasteiger partial charge in [-0.2, -0.15) is 0 Å². The van der Waals surface area contributed by atoms with Gasteiger partial charge in [0.2, 0.25) is 11.8 Å². The monoisotopic (exact) mass is 650 g/mol. The van der Waals surface area contributed by atoms with Gasteiger partial charge in [-0.15, -0.1) is 0 Å². The van der Waals surface area contributed by atoms with Crippen molar-refractivity contribution in [1.82, 2.24) is 10.2 Å². The van der Waals surface area contributed by atoms with Crippen molar-refractivity contribution in [2.24, 2.45) is 5.92 Å². The first-order valence-corrected chi connectivity index (χ1v) is 14.2. The quantitative estimate of drug-likeness (QED) is 0.260. The second-order valence-corrected chi connectivity index (χ2v) is 11.1. The van der Waals surface area contributed by atoms with E-state index in [1.165, 1.54) is 7.11 Å². The molecule has 0 aliphatic heterocycles. The van der Waals surface area contributed by atoms with Gasteiger partial charge in [-0.05, 0) is 70.7 Å². The standard InChI is InChI=1S/C29H35IN2O7/c1-38-25-12-20(17-34)11-22(30)28(25)39-24-15-21(29(37)31-9-10-33)14-23(27(24)36)32(16-19-7-8-19)26(35)13-18-5-3-2-4-6-18/h2-6,11-12,15,19,23-24,27,33-34,36H,7-10,13-14,16-17H2,1H3,(H,31,37). The zero-order valence-corrected chi connectivity index (χ0v) is 24.0. The van der Waals surface area contributed by atoms with E-state index in [9.17, 15) is 24.9 Å². The zero-order valence-electron chi connectivity index (χ0n) is 21.9. The molecule has 2 aromatic carbocycles. The molecule has 2 aliphatic carbocycles. The first-order chi connectivity index (χ1) is 18.8. The molecular weight excluding hydrogens is 615 g/mol. The fourth-order valence-electron chi connectivity index (χ4n) is 4.77. The lowest BCUT2D eigenvalue weighted by atomic mass is 9.87. The summed E-state index contributed by atoms with van der Waals surface area (Å²) in [6, 6.07) is 12.2. The number of aliphatic hydroxyl groups is 3. The number of methoxy groups -OCH3 is 1. The highest BCUT2D eigenvalue weighted by molar-refractivity contribution is 14.1. The number of rotatable bonds is 12. The van der Waals surface area contributed by atoms with E-state index in [1.807, 2.05) is 30.3 Å². The van der Waals surface area contributed by atoms with Crippen LogP contribution < -0.4 is 14.8 Å².